The number of carbonyl (C=O) groups excluding carboxylic acids is 2. The van der Waals surface area contributed by atoms with E-state index in [4.69, 9.17) is 4.74 Å². The zero-order valence-electron chi connectivity index (χ0n) is 17.7. The Hall–Kier alpha value is -2.78. The van der Waals surface area contributed by atoms with Crippen molar-refractivity contribution in [3.63, 3.8) is 0 Å². The van der Waals surface area contributed by atoms with Crippen molar-refractivity contribution in [2.24, 2.45) is 5.92 Å². The standard InChI is InChI=1S/C22H27FN2O5S/c1-15(2)20(25-31(28,29)19-12-8-7-11-18(19)23)22(27)30-16(3)21(26)24-14-13-17-9-5-4-6-10-17/h4-12,15-16,20,25H,13-14H2,1-3H3,(H,24,26)/t16?,20-/m0/s1. The Labute approximate surface area is 182 Å². The first kappa shape index (κ1) is 24.5. The summed E-state index contributed by atoms with van der Waals surface area (Å²) in [4.78, 5) is 24.2. The van der Waals surface area contributed by atoms with Crippen LogP contribution in [0, 0.1) is 11.7 Å². The van der Waals surface area contributed by atoms with Crippen molar-refractivity contribution in [3.05, 3.63) is 66.0 Å². The lowest BCUT2D eigenvalue weighted by molar-refractivity contribution is -0.157. The maximum absolute atomic E-state index is 13.9. The number of hydrogen-bond donors (Lipinski definition) is 2. The van der Waals surface area contributed by atoms with Gasteiger partial charge in [-0.2, -0.15) is 4.72 Å². The lowest BCUT2D eigenvalue weighted by atomic mass is 10.1. The molecule has 31 heavy (non-hydrogen) atoms. The van der Waals surface area contributed by atoms with Gasteiger partial charge in [-0.15, -0.1) is 0 Å². The highest BCUT2D eigenvalue weighted by molar-refractivity contribution is 7.89. The number of benzene rings is 2. The van der Waals surface area contributed by atoms with E-state index in [0.29, 0.717) is 13.0 Å². The number of amides is 1. The molecule has 1 amide bonds. The molecule has 0 spiro atoms. The van der Waals surface area contributed by atoms with Gasteiger partial charge in [-0.25, -0.2) is 12.8 Å². The Morgan fingerprint density at radius 2 is 1.61 bits per heavy atom. The van der Waals surface area contributed by atoms with E-state index in [1.807, 2.05) is 30.3 Å². The van der Waals surface area contributed by atoms with Gasteiger partial charge in [-0.05, 0) is 37.0 Å². The molecule has 0 aliphatic rings. The maximum Gasteiger partial charge on any atom is 0.325 e. The highest BCUT2D eigenvalue weighted by Gasteiger charge is 2.32. The third-order valence-electron chi connectivity index (χ3n) is 4.55. The molecule has 0 aliphatic heterocycles. The molecule has 0 aromatic heterocycles. The fraction of sp³-hybridized carbons (Fsp3) is 0.364. The van der Waals surface area contributed by atoms with Crippen LogP contribution in [0.4, 0.5) is 4.39 Å². The molecule has 2 N–H and O–H groups in total. The van der Waals surface area contributed by atoms with Crippen molar-refractivity contribution >= 4 is 21.9 Å². The number of halogens is 1. The topological polar surface area (TPSA) is 102 Å². The number of hydrogen-bond acceptors (Lipinski definition) is 5. The molecule has 0 saturated carbocycles. The first-order valence-electron chi connectivity index (χ1n) is 9.91. The van der Waals surface area contributed by atoms with Gasteiger partial charge in [0.1, 0.15) is 16.8 Å². The molecule has 7 nitrogen and oxygen atoms in total. The van der Waals surface area contributed by atoms with Gasteiger partial charge in [-0.1, -0.05) is 56.3 Å². The maximum atomic E-state index is 13.9. The van der Waals surface area contributed by atoms with E-state index in [9.17, 15) is 22.4 Å². The molecule has 0 saturated heterocycles. The average Bonchev–Trinajstić information content (AvgIpc) is 2.72. The minimum absolute atomic E-state index is 0.359. The normalized spacial score (nSPS) is 13.5. The lowest BCUT2D eigenvalue weighted by Gasteiger charge is -2.23. The van der Waals surface area contributed by atoms with E-state index in [0.717, 1.165) is 17.7 Å². The van der Waals surface area contributed by atoms with E-state index >= 15 is 0 Å². The second-order valence-corrected chi connectivity index (χ2v) is 9.06. The molecule has 9 heteroatoms. The van der Waals surface area contributed by atoms with Gasteiger partial charge < -0.3 is 10.1 Å². The van der Waals surface area contributed by atoms with E-state index in [-0.39, 0.29) is 0 Å². The molecule has 0 radical (unpaired) electrons. The lowest BCUT2D eigenvalue weighted by Crippen LogP contribution is -2.47. The second-order valence-electron chi connectivity index (χ2n) is 7.38. The fourth-order valence-corrected chi connectivity index (χ4v) is 4.18. The second kappa shape index (κ2) is 11.0. The molecule has 2 aromatic carbocycles. The van der Waals surface area contributed by atoms with E-state index in [2.05, 4.69) is 10.0 Å². The molecular weight excluding hydrogens is 423 g/mol. The Balaban J connectivity index is 1.96. The largest absolute Gasteiger partial charge is 0.451 e. The summed E-state index contributed by atoms with van der Waals surface area (Å²) < 4.78 is 46.3. The molecule has 0 bridgehead atoms. The Kier molecular flexibility index (Phi) is 8.70. The van der Waals surface area contributed by atoms with Gasteiger partial charge >= 0.3 is 5.97 Å². The van der Waals surface area contributed by atoms with Crippen LogP contribution in [-0.2, 0) is 30.8 Å². The predicted octanol–water partition coefficient (Wildman–Crippen LogP) is 2.42. The third kappa shape index (κ3) is 7.15. The van der Waals surface area contributed by atoms with Crippen LogP contribution in [0.25, 0.3) is 0 Å². The van der Waals surface area contributed by atoms with Crippen molar-refractivity contribution in [1.82, 2.24) is 10.0 Å². The number of carbonyl (C=O) groups is 2. The molecular formula is C22H27FN2O5S. The molecule has 168 valence electrons. The molecule has 0 fully saturated rings. The van der Waals surface area contributed by atoms with Crippen LogP contribution in [0.1, 0.15) is 26.3 Å². The zero-order chi connectivity index (χ0) is 23.0. The minimum atomic E-state index is -4.31. The van der Waals surface area contributed by atoms with Gasteiger partial charge in [0.2, 0.25) is 10.0 Å². The van der Waals surface area contributed by atoms with Crippen LogP contribution >= 0.6 is 0 Å². The van der Waals surface area contributed by atoms with E-state index in [1.54, 1.807) is 13.8 Å². The Morgan fingerprint density at radius 3 is 2.23 bits per heavy atom. The van der Waals surface area contributed by atoms with Crippen LogP contribution < -0.4 is 10.0 Å². The number of rotatable bonds is 10. The van der Waals surface area contributed by atoms with Crippen LogP contribution in [0.15, 0.2) is 59.5 Å². The summed E-state index contributed by atoms with van der Waals surface area (Å²) in [5.41, 5.74) is 1.05. The fourth-order valence-electron chi connectivity index (χ4n) is 2.77. The summed E-state index contributed by atoms with van der Waals surface area (Å²) in [5, 5.41) is 2.68. The van der Waals surface area contributed by atoms with Crippen molar-refractivity contribution in [2.45, 2.75) is 44.2 Å². The molecule has 2 rings (SSSR count). The number of sulfonamides is 1. The third-order valence-corrected chi connectivity index (χ3v) is 6.02. The van der Waals surface area contributed by atoms with Crippen molar-refractivity contribution in [3.8, 4) is 0 Å². The van der Waals surface area contributed by atoms with Crippen LogP contribution in [-0.4, -0.2) is 39.0 Å². The summed E-state index contributed by atoms with van der Waals surface area (Å²) in [6, 6.07) is 13.1. The summed E-state index contributed by atoms with van der Waals surface area (Å²) in [6.07, 6.45) is -0.507. The number of ether oxygens (including phenoxy) is 1. The zero-order valence-corrected chi connectivity index (χ0v) is 18.5. The quantitative estimate of drug-likeness (QED) is 0.542. The molecule has 1 unspecified atom stereocenters. The van der Waals surface area contributed by atoms with E-state index in [1.165, 1.54) is 19.1 Å². The summed E-state index contributed by atoms with van der Waals surface area (Å²) in [7, 11) is -4.31. The molecule has 0 aliphatic carbocycles. The van der Waals surface area contributed by atoms with Gasteiger partial charge in [0, 0.05) is 6.54 Å². The minimum Gasteiger partial charge on any atom is -0.451 e. The highest BCUT2D eigenvalue weighted by atomic mass is 32.2. The molecule has 2 atom stereocenters. The van der Waals surface area contributed by atoms with E-state index < -0.39 is 50.7 Å². The summed E-state index contributed by atoms with van der Waals surface area (Å²) in [6.45, 7) is 4.98. The van der Waals surface area contributed by atoms with Crippen molar-refractivity contribution in [1.29, 1.82) is 0 Å². The smallest absolute Gasteiger partial charge is 0.325 e. The molecule has 2 aromatic rings. The monoisotopic (exact) mass is 450 g/mol. The Bertz CT molecular complexity index is 996. The highest BCUT2D eigenvalue weighted by Crippen LogP contribution is 2.16. The van der Waals surface area contributed by atoms with Gasteiger partial charge in [0.25, 0.3) is 5.91 Å². The SMILES string of the molecule is CC(OC(=O)[C@@H](NS(=O)(=O)c1ccccc1F)C(C)C)C(=O)NCCc1ccccc1. The average molecular weight is 451 g/mol. The van der Waals surface area contributed by atoms with Gasteiger partial charge in [0.05, 0.1) is 0 Å². The first-order valence-corrected chi connectivity index (χ1v) is 11.4. The van der Waals surface area contributed by atoms with Gasteiger partial charge in [-0.3, -0.25) is 9.59 Å². The Morgan fingerprint density at radius 1 is 1.00 bits per heavy atom. The molecule has 0 heterocycles. The number of esters is 1. The van der Waals surface area contributed by atoms with Crippen molar-refractivity contribution in [2.75, 3.05) is 6.54 Å². The van der Waals surface area contributed by atoms with Crippen LogP contribution in [0.5, 0.6) is 0 Å². The van der Waals surface area contributed by atoms with Crippen LogP contribution in [0.3, 0.4) is 0 Å². The summed E-state index contributed by atoms with van der Waals surface area (Å²) >= 11 is 0. The first-order chi connectivity index (χ1) is 14.6. The van der Waals surface area contributed by atoms with Crippen molar-refractivity contribution < 1.29 is 27.1 Å². The van der Waals surface area contributed by atoms with Gasteiger partial charge in [0.15, 0.2) is 6.10 Å². The number of nitrogens with one attached hydrogen (secondary N) is 2. The van der Waals surface area contributed by atoms with Crippen LogP contribution in [0.2, 0.25) is 0 Å². The predicted molar refractivity (Wildman–Crippen MR) is 114 cm³/mol. The summed E-state index contributed by atoms with van der Waals surface area (Å²) in [5.74, 6) is -2.84.